The third kappa shape index (κ3) is 4.71. The molecule has 3 heterocycles. The third-order valence-electron chi connectivity index (χ3n) is 6.15. The third-order valence-corrected chi connectivity index (χ3v) is 8.28. The van der Waals surface area contributed by atoms with Crippen LogP contribution < -0.4 is 0 Å². The zero-order valence-electron chi connectivity index (χ0n) is 19.7. The number of ketones is 1. The lowest BCUT2D eigenvalue weighted by molar-refractivity contribution is -0.129. The second kappa shape index (κ2) is 10.6. The van der Waals surface area contributed by atoms with E-state index in [0.29, 0.717) is 17.1 Å². The van der Waals surface area contributed by atoms with Crippen molar-refractivity contribution in [2.24, 2.45) is 0 Å². The molecule has 3 aromatic rings. The number of aromatic nitrogens is 1. The molecule has 1 unspecified atom stereocenters. The maximum absolute atomic E-state index is 13.8. The quantitative estimate of drug-likeness (QED) is 0.377. The van der Waals surface area contributed by atoms with Crippen molar-refractivity contribution < 1.29 is 14.7 Å². The summed E-state index contributed by atoms with van der Waals surface area (Å²) in [6.45, 7) is 9.24. The van der Waals surface area contributed by atoms with Gasteiger partial charge >= 0.3 is 0 Å². The first kappa shape index (κ1) is 24.3. The summed E-state index contributed by atoms with van der Waals surface area (Å²) in [7, 11) is 0. The first-order valence-corrected chi connectivity index (χ1v) is 13.2. The Balaban J connectivity index is 1.65. The van der Waals surface area contributed by atoms with Crippen molar-refractivity contribution in [2.45, 2.75) is 33.2 Å². The van der Waals surface area contributed by atoms with E-state index < -0.39 is 17.7 Å². The molecule has 8 heteroatoms. The van der Waals surface area contributed by atoms with Crippen molar-refractivity contribution in [3.05, 3.63) is 74.6 Å². The van der Waals surface area contributed by atoms with Gasteiger partial charge in [0.25, 0.3) is 5.91 Å². The molecule has 0 saturated carbocycles. The number of carbonyl (C=O) groups excluding carboxylic acids is 2. The molecule has 34 heavy (non-hydrogen) atoms. The fraction of sp³-hybridized carbons (Fsp3) is 0.346. The zero-order valence-corrected chi connectivity index (χ0v) is 21.3. The fourth-order valence-corrected chi connectivity index (χ4v) is 6.17. The Kier molecular flexibility index (Phi) is 7.60. The van der Waals surface area contributed by atoms with Crippen molar-refractivity contribution in [1.29, 1.82) is 0 Å². The van der Waals surface area contributed by atoms with Gasteiger partial charge < -0.3 is 14.9 Å². The van der Waals surface area contributed by atoms with Gasteiger partial charge in [-0.25, -0.2) is 4.98 Å². The molecule has 0 spiro atoms. The maximum Gasteiger partial charge on any atom is 0.290 e. The van der Waals surface area contributed by atoms with E-state index in [1.165, 1.54) is 22.7 Å². The number of thiazole rings is 1. The lowest BCUT2D eigenvalue weighted by atomic mass is 10.00. The van der Waals surface area contributed by atoms with Gasteiger partial charge in [-0.1, -0.05) is 50.2 Å². The van der Waals surface area contributed by atoms with Gasteiger partial charge in [0.1, 0.15) is 5.01 Å². The highest BCUT2D eigenvalue weighted by atomic mass is 32.1. The predicted octanol–water partition coefficient (Wildman–Crippen LogP) is 5.49. The van der Waals surface area contributed by atoms with Crippen LogP contribution in [0.5, 0.6) is 0 Å². The lowest BCUT2D eigenvalue weighted by Crippen LogP contribution is -2.34. The minimum Gasteiger partial charge on any atom is -0.503 e. The molecule has 1 amide bonds. The van der Waals surface area contributed by atoms with Gasteiger partial charge in [0.05, 0.1) is 22.2 Å². The number of hydrogen-bond acceptors (Lipinski definition) is 7. The van der Waals surface area contributed by atoms with Crippen LogP contribution in [0.2, 0.25) is 0 Å². The molecule has 0 bridgehead atoms. The van der Waals surface area contributed by atoms with Crippen LogP contribution in [-0.4, -0.2) is 57.8 Å². The van der Waals surface area contributed by atoms with E-state index >= 15 is 0 Å². The van der Waals surface area contributed by atoms with E-state index in [1.54, 1.807) is 11.8 Å². The molecule has 1 N–H and O–H groups in total. The number of nitrogens with zero attached hydrogens (tertiary/aromatic N) is 3. The Hall–Kier alpha value is -2.81. The highest BCUT2D eigenvalue weighted by Gasteiger charge is 2.44. The Labute approximate surface area is 208 Å². The van der Waals surface area contributed by atoms with Crippen LogP contribution in [0.3, 0.4) is 0 Å². The number of aliphatic hydroxyl groups is 1. The zero-order chi connectivity index (χ0) is 24.2. The number of thiophene rings is 1. The molecule has 1 aromatic carbocycles. The molecular formula is C26H29N3O3S2. The van der Waals surface area contributed by atoms with E-state index in [-0.39, 0.29) is 11.4 Å². The summed E-state index contributed by atoms with van der Waals surface area (Å²) in [5, 5.41) is 13.6. The van der Waals surface area contributed by atoms with E-state index in [9.17, 15) is 14.7 Å². The molecule has 1 aliphatic rings. The number of benzene rings is 1. The highest BCUT2D eigenvalue weighted by molar-refractivity contribution is 7.17. The minimum atomic E-state index is -0.585. The number of rotatable bonds is 10. The molecular weight excluding hydrogens is 466 g/mol. The molecule has 0 aliphatic carbocycles. The fourth-order valence-electron chi connectivity index (χ4n) is 4.30. The van der Waals surface area contributed by atoms with E-state index in [2.05, 4.69) is 23.7 Å². The molecule has 0 radical (unpaired) electrons. The van der Waals surface area contributed by atoms with Crippen LogP contribution in [0.4, 0.5) is 0 Å². The van der Waals surface area contributed by atoms with E-state index in [0.717, 1.165) is 41.5 Å². The molecule has 2 aromatic heterocycles. The normalized spacial score (nSPS) is 16.2. The van der Waals surface area contributed by atoms with E-state index in [1.807, 2.05) is 47.8 Å². The van der Waals surface area contributed by atoms with Crippen molar-refractivity contribution >= 4 is 34.4 Å². The van der Waals surface area contributed by atoms with E-state index in [4.69, 9.17) is 0 Å². The van der Waals surface area contributed by atoms with Gasteiger partial charge in [0, 0.05) is 17.0 Å². The summed E-state index contributed by atoms with van der Waals surface area (Å²) in [6, 6.07) is 12.9. The monoisotopic (exact) mass is 495 g/mol. The van der Waals surface area contributed by atoms with Crippen LogP contribution in [0.1, 0.15) is 46.6 Å². The first-order valence-electron chi connectivity index (χ1n) is 11.5. The summed E-state index contributed by atoms with van der Waals surface area (Å²) >= 11 is 2.79. The molecule has 178 valence electrons. The number of Topliss-reactive ketones (excluding diaryl/α,β-unsaturated/α-hetero) is 1. The molecule has 4 rings (SSSR count). The highest BCUT2D eigenvalue weighted by Crippen LogP contribution is 2.42. The van der Waals surface area contributed by atoms with Crippen molar-refractivity contribution in [3.63, 3.8) is 0 Å². The minimum absolute atomic E-state index is 0.154. The Morgan fingerprint density at radius 3 is 2.53 bits per heavy atom. The van der Waals surface area contributed by atoms with Crippen molar-refractivity contribution in [3.8, 4) is 10.6 Å². The van der Waals surface area contributed by atoms with Gasteiger partial charge in [0.15, 0.2) is 5.76 Å². The Morgan fingerprint density at radius 1 is 1.15 bits per heavy atom. The topological polar surface area (TPSA) is 73.7 Å². The van der Waals surface area contributed by atoms with Gasteiger partial charge in [-0.05, 0) is 44.4 Å². The number of carbonyl (C=O) groups is 2. The molecule has 0 saturated heterocycles. The SMILES string of the molecule is CCN(CC)CCCN1C(=O)C(O)=C(C(=O)c2sc(-c3ccccc3)nc2C)C1c1cccs1. The lowest BCUT2D eigenvalue weighted by Gasteiger charge is -2.27. The number of aliphatic hydroxyl groups excluding tert-OH is 1. The number of aryl methyl sites for hydroxylation is 1. The van der Waals surface area contributed by atoms with Gasteiger partial charge in [-0.15, -0.1) is 22.7 Å². The maximum atomic E-state index is 13.8. The summed E-state index contributed by atoms with van der Waals surface area (Å²) in [5.74, 6) is -1.25. The van der Waals surface area contributed by atoms with Crippen LogP contribution in [0.15, 0.2) is 59.2 Å². The van der Waals surface area contributed by atoms with Crippen molar-refractivity contribution in [1.82, 2.24) is 14.8 Å². The van der Waals surface area contributed by atoms with Crippen LogP contribution >= 0.6 is 22.7 Å². The standard InChI is InChI=1S/C26H29N3O3S2/c1-4-28(5-2)14-10-15-29-21(19-13-9-16-33-19)20(23(31)26(29)32)22(30)24-17(3)27-25(34-24)18-11-7-6-8-12-18/h6-9,11-13,16,21,31H,4-5,10,14-15H2,1-3H3. The van der Waals surface area contributed by atoms with Gasteiger partial charge in [0.2, 0.25) is 5.78 Å². The molecule has 1 aliphatic heterocycles. The summed E-state index contributed by atoms with van der Waals surface area (Å²) in [4.78, 5) is 36.8. The van der Waals surface area contributed by atoms with Crippen LogP contribution in [-0.2, 0) is 4.79 Å². The second-order valence-corrected chi connectivity index (χ2v) is 10.2. The van der Waals surface area contributed by atoms with Crippen LogP contribution in [0, 0.1) is 6.92 Å². The smallest absolute Gasteiger partial charge is 0.290 e. The van der Waals surface area contributed by atoms with Crippen molar-refractivity contribution in [2.75, 3.05) is 26.2 Å². The molecule has 6 nitrogen and oxygen atoms in total. The Bertz CT molecular complexity index is 1180. The molecule has 1 atom stereocenters. The number of hydrogen-bond donors (Lipinski definition) is 1. The van der Waals surface area contributed by atoms with Gasteiger partial charge in [-0.2, -0.15) is 0 Å². The van der Waals surface area contributed by atoms with Gasteiger partial charge in [-0.3, -0.25) is 9.59 Å². The average Bonchev–Trinajstić information content (AvgIpc) is 3.57. The Morgan fingerprint density at radius 2 is 1.88 bits per heavy atom. The largest absolute Gasteiger partial charge is 0.503 e. The molecule has 0 fully saturated rings. The van der Waals surface area contributed by atoms with Crippen LogP contribution in [0.25, 0.3) is 10.6 Å². The second-order valence-electron chi connectivity index (χ2n) is 8.19. The average molecular weight is 496 g/mol. The predicted molar refractivity (Wildman–Crippen MR) is 137 cm³/mol. The summed E-state index contributed by atoms with van der Waals surface area (Å²) in [5.41, 5.74) is 1.69. The summed E-state index contributed by atoms with van der Waals surface area (Å²) < 4.78 is 0. The number of amides is 1. The summed E-state index contributed by atoms with van der Waals surface area (Å²) in [6.07, 6.45) is 0.766. The first-order chi connectivity index (χ1) is 16.5.